The Balaban J connectivity index is 2.14. The van der Waals surface area contributed by atoms with Gasteiger partial charge in [-0.2, -0.15) is 0 Å². The molecular weight excluding hydrogens is 148 g/mol. The lowest BCUT2D eigenvalue weighted by atomic mass is 10.1. The lowest BCUT2D eigenvalue weighted by Crippen LogP contribution is -2.01. The average Bonchev–Trinajstić information content (AvgIpc) is 2.83. The quantitative estimate of drug-likeness (QED) is 0.680. The van der Waals surface area contributed by atoms with Crippen LogP contribution in [0.4, 0.5) is 0 Å². The summed E-state index contributed by atoms with van der Waals surface area (Å²) < 4.78 is 0. The van der Waals surface area contributed by atoms with Crippen LogP contribution in [0.5, 0.6) is 0 Å². The number of hydrogen-bond donors (Lipinski definition) is 2. The van der Waals surface area contributed by atoms with E-state index in [9.17, 15) is 0 Å². The summed E-state index contributed by atoms with van der Waals surface area (Å²) in [6.45, 7) is 0.622. The first kappa shape index (κ1) is 7.77. The first-order valence-corrected chi connectivity index (χ1v) is 4.36. The van der Waals surface area contributed by atoms with E-state index in [4.69, 9.17) is 11.5 Å². The molecule has 0 aromatic heterocycles. The van der Waals surface area contributed by atoms with Gasteiger partial charge in [0.1, 0.15) is 0 Å². The van der Waals surface area contributed by atoms with Crippen molar-refractivity contribution >= 4 is 0 Å². The van der Waals surface area contributed by atoms with Gasteiger partial charge in [-0.15, -0.1) is 0 Å². The van der Waals surface area contributed by atoms with Gasteiger partial charge in [0.05, 0.1) is 0 Å². The third kappa shape index (κ3) is 1.36. The van der Waals surface area contributed by atoms with E-state index in [0.717, 1.165) is 6.42 Å². The molecule has 1 aliphatic rings. The highest BCUT2D eigenvalue weighted by Gasteiger charge is 2.34. The Morgan fingerprint density at radius 3 is 2.25 bits per heavy atom. The van der Waals surface area contributed by atoms with Crippen molar-refractivity contribution in [3.8, 4) is 0 Å². The zero-order valence-corrected chi connectivity index (χ0v) is 7.03. The van der Waals surface area contributed by atoms with Crippen molar-refractivity contribution in [3.05, 3.63) is 35.4 Å². The predicted molar refractivity (Wildman–Crippen MR) is 49.7 cm³/mol. The van der Waals surface area contributed by atoms with E-state index in [-0.39, 0.29) is 0 Å². The van der Waals surface area contributed by atoms with Crippen LogP contribution in [0, 0.1) is 0 Å². The Hall–Kier alpha value is -0.860. The highest BCUT2D eigenvalue weighted by atomic mass is 14.7. The van der Waals surface area contributed by atoms with Crippen molar-refractivity contribution in [3.63, 3.8) is 0 Å². The minimum Gasteiger partial charge on any atom is -0.327 e. The Kier molecular flexibility index (Phi) is 1.87. The molecule has 2 nitrogen and oxygen atoms in total. The van der Waals surface area contributed by atoms with Crippen molar-refractivity contribution in [1.82, 2.24) is 0 Å². The Morgan fingerprint density at radius 2 is 1.83 bits per heavy atom. The highest BCUT2D eigenvalue weighted by Crippen LogP contribution is 2.38. The molecule has 1 aromatic rings. The normalized spacial score (nSPS) is 27.2. The van der Waals surface area contributed by atoms with Gasteiger partial charge in [0.25, 0.3) is 0 Å². The number of rotatable bonds is 2. The lowest BCUT2D eigenvalue weighted by Gasteiger charge is -1.99. The molecule has 2 heteroatoms. The third-order valence-electron chi connectivity index (χ3n) is 2.48. The molecule has 2 unspecified atom stereocenters. The van der Waals surface area contributed by atoms with E-state index in [1.165, 1.54) is 11.1 Å². The molecule has 1 aliphatic carbocycles. The molecule has 0 bridgehead atoms. The predicted octanol–water partition coefficient (Wildman–Crippen LogP) is 0.960. The van der Waals surface area contributed by atoms with Crippen LogP contribution in [0.1, 0.15) is 23.5 Å². The van der Waals surface area contributed by atoms with Crippen molar-refractivity contribution in [2.45, 2.75) is 24.9 Å². The van der Waals surface area contributed by atoms with Crippen LogP contribution >= 0.6 is 0 Å². The maximum atomic E-state index is 5.74. The van der Waals surface area contributed by atoms with Crippen molar-refractivity contribution < 1.29 is 0 Å². The molecule has 1 aromatic carbocycles. The largest absolute Gasteiger partial charge is 0.327 e. The fourth-order valence-corrected chi connectivity index (χ4v) is 1.50. The summed E-state index contributed by atoms with van der Waals surface area (Å²) in [5, 5.41) is 0. The van der Waals surface area contributed by atoms with Gasteiger partial charge in [0.2, 0.25) is 0 Å². The smallest absolute Gasteiger partial charge is 0.0178 e. The van der Waals surface area contributed by atoms with E-state index in [1.54, 1.807) is 0 Å². The molecule has 0 aliphatic heterocycles. The van der Waals surface area contributed by atoms with Gasteiger partial charge in [-0.05, 0) is 17.5 Å². The van der Waals surface area contributed by atoms with Crippen molar-refractivity contribution in [1.29, 1.82) is 0 Å². The second kappa shape index (κ2) is 2.88. The molecule has 0 saturated heterocycles. The first-order chi connectivity index (χ1) is 5.81. The number of hydrogen-bond acceptors (Lipinski definition) is 2. The van der Waals surface area contributed by atoms with Crippen LogP contribution in [0.2, 0.25) is 0 Å². The van der Waals surface area contributed by atoms with Crippen molar-refractivity contribution in [2.24, 2.45) is 11.5 Å². The van der Waals surface area contributed by atoms with Crippen LogP contribution < -0.4 is 11.5 Å². The molecule has 0 spiro atoms. The zero-order valence-electron chi connectivity index (χ0n) is 7.03. The summed E-state index contributed by atoms with van der Waals surface area (Å²) in [6.07, 6.45) is 1.14. The fourth-order valence-electron chi connectivity index (χ4n) is 1.50. The maximum Gasteiger partial charge on any atom is 0.0178 e. The van der Waals surface area contributed by atoms with Crippen LogP contribution in [-0.4, -0.2) is 6.04 Å². The minimum absolute atomic E-state index is 0.397. The molecule has 1 saturated carbocycles. The zero-order chi connectivity index (χ0) is 8.55. The van der Waals surface area contributed by atoms with Gasteiger partial charge >= 0.3 is 0 Å². The summed E-state index contributed by atoms with van der Waals surface area (Å²) in [7, 11) is 0. The molecular formula is C10H14N2. The van der Waals surface area contributed by atoms with E-state index < -0.39 is 0 Å². The standard InChI is InChI=1S/C10H14N2/c11-6-7-1-3-8(4-2-7)9-5-10(9)12/h1-4,9-10H,5-6,11-12H2. The summed E-state index contributed by atoms with van der Waals surface area (Å²) in [6, 6.07) is 8.84. The average molecular weight is 162 g/mol. The van der Waals surface area contributed by atoms with Crippen molar-refractivity contribution in [2.75, 3.05) is 0 Å². The maximum absolute atomic E-state index is 5.74. The molecule has 12 heavy (non-hydrogen) atoms. The lowest BCUT2D eigenvalue weighted by molar-refractivity contribution is 0.985. The summed E-state index contributed by atoms with van der Waals surface area (Å²) in [4.78, 5) is 0. The van der Waals surface area contributed by atoms with E-state index >= 15 is 0 Å². The van der Waals surface area contributed by atoms with E-state index in [1.807, 2.05) is 0 Å². The molecule has 0 amide bonds. The topological polar surface area (TPSA) is 52.0 Å². The summed E-state index contributed by atoms with van der Waals surface area (Å²) in [5.41, 5.74) is 13.8. The molecule has 4 N–H and O–H groups in total. The van der Waals surface area contributed by atoms with Crippen LogP contribution in [0.15, 0.2) is 24.3 Å². The van der Waals surface area contributed by atoms with Gasteiger partial charge in [-0.3, -0.25) is 0 Å². The highest BCUT2D eigenvalue weighted by molar-refractivity contribution is 5.30. The van der Waals surface area contributed by atoms with Gasteiger partial charge in [0, 0.05) is 18.5 Å². The molecule has 64 valence electrons. The van der Waals surface area contributed by atoms with Gasteiger partial charge in [-0.1, -0.05) is 24.3 Å². The summed E-state index contributed by atoms with van der Waals surface area (Å²) in [5.74, 6) is 0.608. The summed E-state index contributed by atoms with van der Waals surface area (Å²) >= 11 is 0. The van der Waals surface area contributed by atoms with Gasteiger partial charge in [0.15, 0.2) is 0 Å². The second-order valence-electron chi connectivity index (χ2n) is 3.45. The Bertz CT molecular complexity index is 266. The van der Waals surface area contributed by atoms with Gasteiger partial charge < -0.3 is 11.5 Å². The molecule has 1 fully saturated rings. The first-order valence-electron chi connectivity index (χ1n) is 4.36. The molecule has 2 rings (SSSR count). The number of nitrogens with two attached hydrogens (primary N) is 2. The van der Waals surface area contributed by atoms with E-state index in [2.05, 4.69) is 24.3 Å². The molecule has 0 radical (unpaired) electrons. The Morgan fingerprint density at radius 1 is 1.25 bits per heavy atom. The van der Waals surface area contributed by atoms with Crippen LogP contribution in [-0.2, 0) is 6.54 Å². The third-order valence-corrected chi connectivity index (χ3v) is 2.48. The number of benzene rings is 1. The Labute approximate surface area is 72.6 Å². The monoisotopic (exact) mass is 162 g/mol. The van der Waals surface area contributed by atoms with Crippen LogP contribution in [0.25, 0.3) is 0 Å². The molecule has 0 heterocycles. The molecule has 2 atom stereocenters. The second-order valence-corrected chi connectivity index (χ2v) is 3.45. The van der Waals surface area contributed by atoms with Crippen LogP contribution in [0.3, 0.4) is 0 Å². The van der Waals surface area contributed by atoms with E-state index in [0.29, 0.717) is 18.5 Å². The SMILES string of the molecule is NCc1ccc(C2CC2N)cc1. The van der Waals surface area contributed by atoms with Gasteiger partial charge in [-0.25, -0.2) is 0 Å². The minimum atomic E-state index is 0.397. The fraction of sp³-hybridized carbons (Fsp3) is 0.400.